The molecule has 0 aliphatic rings. The Hall–Kier alpha value is -0.620. The highest BCUT2D eigenvalue weighted by atomic mass is 127. The number of aromatic nitrogens is 2. The molecule has 0 aliphatic carbocycles. The Kier molecular flexibility index (Phi) is 3.02. The minimum Gasteiger partial charge on any atom is -0.383 e. The first-order chi connectivity index (χ1) is 6.81. The van der Waals surface area contributed by atoms with Crippen LogP contribution in [0.1, 0.15) is 0 Å². The minimum atomic E-state index is 0.697. The van der Waals surface area contributed by atoms with Crippen molar-refractivity contribution in [3.63, 3.8) is 0 Å². The van der Waals surface area contributed by atoms with Crippen LogP contribution in [-0.2, 0) is 11.3 Å². The Morgan fingerprint density at radius 1 is 1.50 bits per heavy atom. The molecule has 0 aliphatic heterocycles. The largest absolute Gasteiger partial charge is 0.383 e. The zero-order chi connectivity index (χ0) is 9.97. The van der Waals surface area contributed by atoms with Gasteiger partial charge in [-0.25, -0.2) is 0 Å². The molecule has 0 unspecified atom stereocenters. The summed E-state index contributed by atoms with van der Waals surface area (Å²) in [6, 6.07) is 6.32. The van der Waals surface area contributed by atoms with E-state index in [2.05, 4.69) is 45.9 Å². The van der Waals surface area contributed by atoms with Crippen molar-refractivity contribution in [2.24, 2.45) is 0 Å². The molecule has 1 aromatic carbocycles. The molecular formula is C10H11IN2O. The monoisotopic (exact) mass is 302 g/mol. The van der Waals surface area contributed by atoms with E-state index in [1.807, 2.05) is 10.9 Å². The Balaban J connectivity index is 2.37. The molecule has 0 atom stereocenters. The van der Waals surface area contributed by atoms with Crippen molar-refractivity contribution in [3.05, 3.63) is 28.0 Å². The van der Waals surface area contributed by atoms with Gasteiger partial charge in [-0.1, -0.05) is 0 Å². The van der Waals surface area contributed by atoms with E-state index in [1.54, 1.807) is 7.11 Å². The molecular weight excluding hydrogens is 291 g/mol. The van der Waals surface area contributed by atoms with Gasteiger partial charge in [-0.3, -0.25) is 4.68 Å². The maximum atomic E-state index is 5.03. The fourth-order valence-electron chi connectivity index (χ4n) is 1.41. The number of rotatable bonds is 3. The standard InChI is InChI=1S/C10H11IN2O/c1-14-5-4-13-10-3-2-9(11)6-8(10)7-12-13/h2-3,6-7H,4-5H2,1H3. The van der Waals surface area contributed by atoms with Crippen LogP contribution in [0.5, 0.6) is 0 Å². The van der Waals surface area contributed by atoms with Gasteiger partial charge in [0, 0.05) is 16.1 Å². The highest BCUT2D eigenvalue weighted by Gasteiger charge is 2.01. The molecule has 2 rings (SSSR count). The van der Waals surface area contributed by atoms with Gasteiger partial charge >= 0.3 is 0 Å². The van der Waals surface area contributed by atoms with Gasteiger partial charge in [0.1, 0.15) is 0 Å². The van der Waals surface area contributed by atoms with Crippen LogP contribution < -0.4 is 0 Å². The molecule has 4 heteroatoms. The minimum absolute atomic E-state index is 0.697. The lowest BCUT2D eigenvalue weighted by atomic mass is 10.3. The van der Waals surface area contributed by atoms with Gasteiger partial charge < -0.3 is 4.74 Å². The van der Waals surface area contributed by atoms with E-state index in [9.17, 15) is 0 Å². The van der Waals surface area contributed by atoms with E-state index in [0.717, 1.165) is 6.54 Å². The third-order valence-electron chi connectivity index (χ3n) is 2.11. The fraction of sp³-hybridized carbons (Fsp3) is 0.300. The summed E-state index contributed by atoms with van der Waals surface area (Å²) in [6.45, 7) is 1.50. The molecule has 1 aromatic heterocycles. The van der Waals surface area contributed by atoms with Gasteiger partial charge in [0.2, 0.25) is 0 Å². The summed E-state index contributed by atoms with van der Waals surface area (Å²) in [7, 11) is 1.70. The summed E-state index contributed by atoms with van der Waals surface area (Å²) < 4.78 is 8.23. The summed E-state index contributed by atoms with van der Waals surface area (Å²) in [5.74, 6) is 0. The zero-order valence-corrected chi connectivity index (χ0v) is 10.1. The first kappa shape index (κ1) is 9.92. The Labute approximate surface area is 96.2 Å². The summed E-state index contributed by atoms with van der Waals surface area (Å²) in [6.07, 6.45) is 1.90. The Bertz CT molecular complexity index is 439. The quantitative estimate of drug-likeness (QED) is 0.813. The molecule has 0 saturated carbocycles. The molecule has 2 aromatic rings. The number of ether oxygens (including phenoxy) is 1. The van der Waals surface area contributed by atoms with Crippen molar-refractivity contribution >= 4 is 33.5 Å². The maximum absolute atomic E-state index is 5.03. The van der Waals surface area contributed by atoms with Crippen molar-refractivity contribution < 1.29 is 4.74 Å². The Morgan fingerprint density at radius 2 is 2.36 bits per heavy atom. The van der Waals surface area contributed by atoms with E-state index < -0.39 is 0 Å². The van der Waals surface area contributed by atoms with Gasteiger partial charge in [-0.15, -0.1) is 0 Å². The van der Waals surface area contributed by atoms with Crippen molar-refractivity contribution in [2.75, 3.05) is 13.7 Å². The molecule has 0 fully saturated rings. The van der Waals surface area contributed by atoms with E-state index in [0.29, 0.717) is 6.61 Å². The van der Waals surface area contributed by atoms with Gasteiger partial charge in [0.05, 0.1) is 24.9 Å². The number of hydrogen-bond acceptors (Lipinski definition) is 2. The van der Waals surface area contributed by atoms with Crippen LogP contribution in [0.4, 0.5) is 0 Å². The van der Waals surface area contributed by atoms with Crippen LogP contribution >= 0.6 is 22.6 Å². The molecule has 0 N–H and O–H groups in total. The zero-order valence-electron chi connectivity index (χ0n) is 7.90. The normalized spacial score (nSPS) is 11.0. The molecule has 0 amide bonds. The van der Waals surface area contributed by atoms with Crippen molar-refractivity contribution in [1.82, 2.24) is 9.78 Å². The summed E-state index contributed by atoms with van der Waals surface area (Å²) >= 11 is 2.30. The molecule has 74 valence electrons. The number of halogens is 1. The van der Waals surface area contributed by atoms with E-state index in [4.69, 9.17) is 4.74 Å². The summed E-state index contributed by atoms with van der Waals surface area (Å²) in [5, 5.41) is 5.50. The van der Waals surface area contributed by atoms with Crippen LogP contribution in [0.3, 0.4) is 0 Å². The molecule has 3 nitrogen and oxygen atoms in total. The number of methoxy groups -OCH3 is 1. The second-order valence-electron chi connectivity index (χ2n) is 3.06. The average Bonchev–Trinajstić information content (AvgIpc) is 2.57. The number of nitrogens with zero attached hydrogens (tertiary/aromatic N) is 2. The molecule has 0 spiro atoms. The fourth-order valence-corrected chi connectivity index (χ4v) is 1.93. The van der Waals surface area contributed by atoms with Gasteiger partial charge in [-0.2, -0.15) is 5.10 Å². The topological polar surface area (TPSA) is 27.1 Å². The van der Waals surface area contributed by atoms with E-state index >= 15 is 0 Å². The van der Waals surface area contributed by atoms with Crippen LogP contribution in [-0.4, -0.2) is 23.5 Å². The third kappa shape index (κ3) is 1.90. The number of fused-ring (bicyclic) bond motifs is 1. The second-order valence-corrected chi connectivity index (χ2v) is 4.31. The van der Waals surface area contributed by atoms with E-state index in [-0.39, 0.29) is 0 Å². The molecule has 1 heterocycles. The molecule has 0 bridgehead atoms. The Morgan fingerprint density at radius 3 is 3.14 bits per heavy atom. The summed E-state index contributed by atoms with van der Waals surface area (Å²) in [4.78, 5) is 0. The number of benzene rings is 1. The van der Waals surface area contributed by atoms with Crippen LogP contribution in [0, 0.1) is 3.57 Å². The first-order valence-electron chi connectivity index (χ1n) is 4.41. The van der Waals surface area contributed by atoms with Gasteiger partial charge in [-0.05, 0) is 40.8 Å². The lowest BCUT2D eigenvalue weighted by Gasteiger charge is -2.01. The van der Waals surface area contributed by atoms with Crippen LogP contribution in [0.25, 0.3) is 10.9 Å². The van der Waals surface area contributed by atoms with E-state index in [1.165, 1.54) is 14.5 Å². The average molecular weight is 302 g/mol. The molecule has 14 heavy (non-hydrogen) atoms. The smallest absolute Gasteiger partial charge is 0.0684 e. The predicted molar refractivity (Wildman–Crippen MR) is 64.3 cm³/mol. The van der Waals surface area contributed by atoms with Crippen LogP contribution in [0.2, 0.25) is 0 Å². The third-order valence-corrected chi connectivity index (χ3v) is 2.78. The first-order valence-corrected chi connectivity index (χ1v) is 5.49. The molecule has 0 saturated heterocycles. The lowest BCUT2D eigenvalue weighted by molar-refractivity contribution is 0.185. The van der Waals surface area contributed by atoms with Crippen LogP contribution in [0.15, 0.2) is 24.4 Å². The maximum Gasteiger partial charge on any atom is 0.0684 e. The van der Waals surface area contributed by atoms with Crippen molar-refractivity contribution in [1.29, 1.82) is 0 Å². The summed E-state index contributed by atoms with van der Waals surface area (Å²) in [5.41, 5.74) is 1.17. The van der Waals surface area contributed by atoms with Gasteiger partial charge in [0.15, 0.2) is 0 Å². The highest BCUT2D eigenvalue weighted by molar-refractivity contribution is 14.1. The second kappa shape index (κ2) is 4.27. The van der Waals surface area contributed by atoms with Crippen molar-refractivity contribution in [2.45, 2.75) is 6.54 Å². The molecule has 0 radical (unpaired) electrons. The predicted octanol–water partition coefficient (Wildman–Crippen LogP) is 2.29. The lowest BCUT2D eigenvalue weighted by Crippen LogP contribution is -2.05. The van der Waals surface area contributed by atoms with Crippen molar-refractivity contribution in [3.8, 4) is 0 Å². The number of hydrogen-bond donors (Lipinski definition) is 0. The van der Waals surface area contributed by atoms with Gasteiger partial charge in [0.25, 0.3) is 0 Å². The SMILES string of the molecule is COCCn1ncc2cc(I)ccc21. The highest BCUT2D eigenvalue weighted by Crippen LogP contribution is 2.16.